The van der Waals surface area contributed by atoms with E-state index in [9.17, 15) is 4.79 Å². The Labute approximate surface area is 90.8 Å². The first-order chi connectivity index (χ1) is 6.48. The molecule has 14 heavy (non-hydrogen) atoms. The standard InChI is InChI=1S/C10H11BrO3/c1-10(11,9(12)13)7-3-5-8(14-2)6-4-7/h3-6H,1-2H3,(H,12,13). The average Bonchev–Trinajstić information content (AvgIpc) is 2.17. The molecule has 0 amide bonds. The summed E-state index contributed by atoms with van der Waals surface area (Å²) in [4.78, 5) is 10.9. The van der Waals surface area contributed by atoms with Gasteiger partial charge in [0.15, 0.2) is 0 Å². The van der Waals surface area contributed by atoms with Crippen molar-refractivity contribution in [2.45, 2.75) is 11.2 Å². The Kier molecular flexibility index (Phi) is 3.16. The molecule has 1 N–H and O–H groups in total. The fraction of sp³-hybridized carbons (Fsp3) is 0.300. The average molecular weight is 259 g/mol. The molecule has 0 heterocycles. The van der Waals surface area contributed by atoms with Gasteiger partial charge in [-0.2, -0.15) is 0 Å². The fourth-order valence-corrected chi connectivity index (χ4v) is 1.29. The Morgan fingerprint density at radius 1 is 1.43 bits per heavy atom. The lowest BCUT2D eigenvalue weighted by Crippen LogP contribution is -2.24. The minimum Gasteiger partial charge on any atom is -0.497 e. The van der Waals surface area contributed by atoms with Crippen LogP contribution in [0.25, 0.3) is 0 Å². The molecule has 0 saturated heterocycles. The maximum atomic E-state index is 10.9. The molecule has 0 saturated carbocycles. The summed E-state index contributed by atoms with van der Waals surface area (Å²) in [6, 6.07) is 6.92. The van der Waals surface area contributed by atoms with E-state index in [1.807, 2.05) is 0 Å². The van der Waals surface area contributed by atoms with Gasteiger partial charge < -0.3 is 9.84 Å². The van der Waals surface area contributed by atoms with Crippen LogP contribution in [0.1, 0.15) is 12.5 Å². The van der Waals surface area contributed by atoms with Crippen molar-refractivity contribution in [2.24, 2.45) is 0 Å². The molecule has 1 aromatic carbocycles. The van der Waals surface area contributed by atoms with Gasteiger partial charge in [-0.3, -0.25) is 4.79 Å². The molecule has 0 bridgehead atoms. The quantitative estimate of drug-likeness (QED) is 0.848. The van der Waals surface area contributed by atoms with Crippen molar-refractivity contribution in [3.8, 4) is 5.75 Å². The zero-order chi connectivity index (χ0) is 10.8. The summed E-state index contributed by atoms with van der Waals surface area (Å²) in [5.41, 5.74) is 0.686. The number of hydrogen-bond donors (Lipinski definition) is 1. The Bertz CT molecular complexity index is 330. The minimum atomic E-state index is -1.04. The molecule has 1 atom stereocenters. The maximum absolute atomic E-state index is 10.9. The van der Waals surface area contributed by atoms with Crippen molar-refractivity contribution in [1.82, 2.24) is 0 Å². The van der Waals surface area contributed by atoms with Crippen LogP contribution >= 0.6 is 15.9 Å². The number of halogens is 1. The molecule has 3 nitrogen and oxygen atoms in total. The summed E-state index contributed by atoms with van der Waals surface area (Å²) in [7, 11) is 1.57. The summed E-state index contributed by atoms with van der Waals surface area (Å²) >= 11 is 3.16. The van der Waals surface area contributed by atoms with Gasteiger partial charge in [-0.25, -0.2) is 0 Å². The highest BCUT2D eigenvalue weighted by atomic mass is 79.9. The van der Waals surface area contributed by atoms with Gasteiger partial charge in [0.2, 0.25) is 0 Å². The Balaban J connectivity index is 3.02. The number of ether oxygens (including phenoxy) is 1. The molecule has 1 aromatic rings. The third kappa shape index (κ3) is 2.07. The van der Waals surface area contributed by atoms with E-state index in [4.69, 9.17) is 9.84 Å². The molecular formula is C10H11BrO3. The van der Waals surface area contributed by atoms with Crippen LogP contribution in [0.4, 0.5) is 0 Å². The zero-order valence-corrected chi connectivity index (χ0v) is 9.54. The van der Waals surface area contributed by atoms with Crippen molar-refractivity contribution >= 4 is 21.9 Å². The highest BCUT2D eigenvalue weighted by Crippen LogP contribution is 2.31. The van der Waals surface area contributed by atoms with E-state index in [1.54, 1.807) is 38.3 Å². The largest absolute Gasteiger partial charge is 0.497 e. The molecule has 4 heteroatoms. The van der Waals surface area contributed by atoms with Crippen LogP contribution in [-0.2, 0) is 9.12 Å². The van der Waals surface area contributed by atoms with Gasteiger partial charge in [-0.1, -0.05) is 28.1 Å². The number of methoxy groups -OCH3 is 1. The van der Waals surface area contributed by atoms with Crippen LogP contribution in [0, 0.1) is 0 Å². The van der Waals surface area contributed by atoms with Crippen molar-refractivity contribution < 1.29 is 14.6 Å². The summed E-state index contributed by atoms with van der Waals surface area (Å²) < 4.78 is 3.94. The summed E-state index contributed by atoms with van der Waals surface area (Å²) in [5, 5.41) is 8.94. The second kappa shape index (κ2) is 4.00. The first-order valence-electron chi connectivity index (χ1n) is 4.05. The Morgan fingerprint density at radius 3 is 2.29 bits per heavy atom. The normalized spacial score (nSPS) is 14.5. The molecule has 0 aliphatic rings. The van der Waals surface area contributed by atoms with Crippen LogP contribution in [0.15, 0.2) is 24.3 Å². The van der Waals surface area contributed by atoms with Gasteiger partial charge in [-0.05, 0) is 24.6 Å². The maximum Gasteiger partial charge on any atom is 0.324 e. The molecule has 0 radical (unpaired) electrons. The molecule has 1 unspecified atom stereocenters. The molecule has 0 spiro atoms. The molecule has 76 valence electrons. The predicted molar refractivity (Wildman–Crippen MR) is 56.9 cm³/mol. The first-order valence-corrected chi connectivity index (χ1v) is 4.84. The van der Waals surface area contributed by atoms with Gasteiger partial charge in [0.1, 0.15) is 10.1 Å². The van der Waals surface area contributed by atoms with Crippen molar-refractivity contribution in [3.63, 3.8) is 0 Å². The van der Waals surface area contributed by atoms with E-state index in [0.717, 1.165) is 0 Å². The van der Waals surface area contributed by atoms with Crippen molar-refractivity contribution in [3.05, 3.63) is 29.8 Å². The van der Waals surface area contributed by atoms with Crippen LogP contribution in [0.2, 0.25) is 0 Å². The monoisotopic (exact) mass is 258 g/mol. The van der Waals surface area contributed by atoms with E-state index in [0.29, 0.717) is 11.3 Å². The second-order valence-corrected chi connectivity index (χ2v) is 4.62. The molecule has 0 fully saturated rings. The molecule has 0 aliphatic carbocycles. The van der Waals surface area contributed by atoms with E-state index in [2.05, 4.69) is 15.9 Å². The molecule has 0 aliphatic heterocycles. The van der Waals surface area contributed by atoms with Crippen molar-refractivity contribution in [2.75, 3.05) is 7.11 Å². The number of hydrogen-bond acceptors (Lipinski definition) is 2. The minimum absolute atomic E-state index is 0.686. The number of rotatable bonds is 3. The molecule has 1 rings (SSSR count). The van der Waals surface area contributed by atoms with E-state index in [-0.39, 0.29) is 0 Å². The number of benzene rings is 1. The smallest absolute Gasteiger partial charge is 0.324 e. The van der Waals surface area contributed by atoms with Crippen molar-refractivity contribution in [1.29, 1.82) is 0 Å². The van der Waals surface area contributed by atoms with E-state index in [1.165, 1.54) is 0 Å². The first kappa shape index (κ1) is 11.0. The topological polar surface area (TPSA) is 46.5 Å². The summed E-state index contributed by atoms with van der Waals surface area (Å²) in [5.74, 6) is -0.204. The van der Waals surface area contributed by atoms with Crippen LogP contribution in [0.5, 0.6) is 5.75 Å². The van der Waals surface area contributed by atoms with Gasteiger partial charge in [0.25, 0.3) is 0 Å². The predicted octanol–water partition coefficient (Wildman–Crippen LogP) is 2.39. The van der Waals surface area contributed by atoms with E-state index < -0.39 is 10.3 Å². The number of aliphatic carboxylic acids is 1. The van der Waals surface area contributed by atoms with Gasteiger partial charge in [-0.15, -0.1) is 0 Å². The Hall–Kier alpha value is -1.03. The van der Waals surface area contributed by atoms with Gasteiger partial charge in [0.05, 0.1) is 7.11 Å². The zero-order valence-electron chi connectivity index (χ0n) is 7.95. The fourth-order valence-electron chi connectivity index (χ4n) is 1.03. The summed E-state index contributed by atoms with van der Waals surface area (Å²) in [6.45, 7) is 1.59. The third-order valence-corrected chi connectivity index (χ3v) is 2.83. The SMILES string of the molecule is COc1ccc(C(C)(Br)C(=O)O)cc1. The van der Waals surface area contributed by atoms with Gasteiger partial charge in [0, 0.05) is 0 Å². The van der Waals surface area contributed by atoms with Crippen LogP contribution in [0.3, 0.4) is 0 Å². The number of carboxylic acid groups (broad SMARTS) is 1. The number of carbonyl (C=O) groups is 1. The molecular weight excluding hydrogens is 248 g/mol. The lowest BCUT2D eigenvalue weighted by Gasteiger charge is -2.17. The second-order valence-electron chi connectivity index (χ2n) is 3.04. The Morgan fingerprint density at radius 2 is 1.93 bits per heavy atom. The highest BCUT2D eigenvalue weighted by Gasteiger charge is 2.31. The van der Waals surface area contributed by atoms with Crippen LogP contribution in [-0.4, -0.2) is 18.2 Å². The summed E-state index contributed by atoms with van der Waals surface area (Å²) in [6.07, 6.45) is 0. The van der Waals surface area contributed by atoms with Gasteiger partial charge >= 0.3 is 5.97 Å². The van der Waals surface area contributed by atoms with E-state index >= 15 is 0 Å². The molecule has 0 aromatic heterocycles. The third-order valence-electron chi connectivity index (χ3n) is 2.03. The highest BCUT2D eigenvalue weighted by molar-refractivity contribution is 9.10. The number of alkyl halides is 1. The van der Waals surface area contributed by atoms with Crippen LogP contribution < -0.4 is 4.74 Å². The number of carboxylic acids is 1. The lowest BCUT2D eigenvalue weighted by molar-refractivity contribution is -0.139. The lowest BCUT2D eigenvalue weighted by atomic mass is 10.0.